The van der Waals surface area contributed by atoms with Crippen LogP contribution in [0, 0.1) is 0 Å². The van der Waals surface area contributed by atoms with Crippen molar-refractivity contribution in [3.8, 4) is 11.6 Å². The molecule has 0 spiro atoms. The number of aromatic nitrogens is 2. The van der Waals surface area contributed by atoms with E-state index in [9.17, 15) is 0 Å². The van der Waals surface area contributed by atoms with Crippen molar-refractivity contribution >= 4 is 11.5 Å². The molecule has 0 unspecified atom stereocenters. The average Bonchev–Trinajstić information content (AvgIpc) is 2.45. The number of hydrogen-bond acceptors (Lipinski definition) is 6. The standard InChI is InChI=1S/C15H20N4O2/c1-4-20-10-14-17-13(16)9-15(18-14)21-12-7-5-6-11(8-12)19(2)3/h5-9H,4,10H2,1-3H3,(H2,16,17,18). The highest BCUT2D eigenvalue weighted by atomic mass is 16.5. The van der Waals surface area contributed by atoms with E-state index in [1.165, 1.54) is 0 Å². The second-order valence-corrected chi connectivity index (χ2v) is 4.68. The highest BCUT2D eigenvalue weighted by Gasteiger charge is 2.06. The van der Waals surface area contributed by atoms with E-state index >= 15 is 0 Å². The molecule has 0 aliphatic rings. The summed E-state index contributed by atoms with van der Waals surface area (Å²) in [5.74, 6) is 1.98. The van der Waals surface area contributed by atoms with Crippen LogP contribution in [0.1, 0.15) is 12.7 Å². The molecule has 2 aromatic rings. The minimum Gasteiger partial charge on any atom is -0.439 e. The van der Waals surface area contributed by atoms with Crippen molar-refractivity contribution in [1.29, 1.82) is 0 Å². The van der Waals surface area contributed by atoms with E-state index < -0.39 is 0 Å². The number of rotatable bonds is 6. The molecule has 0 saturated carbocycles. The smallest absolute Gasteiger partial charge is 0.224 e. The summed E-state index contributed by atoms with van der Waals surface area (Å²) in [4.78, 5) is 10.4. The normalized spacial score (nSPS) is 10.4. The van der Waals surface area contributed by atoms with Crippen molar-refractivity contribution in [3.63, 3.8) is 0 Å². The van der Waals surface area contributed by atoms with Gasteiger partial charge in [0.1, 0.15) is 18.2 Å². The van der Waals surface area contributed by atoms with Crippen molar-refractivity contribution in [3.05, 3.63) is 36.2 Å². The molecule has 0 aliphatic carbocycles. The molecular weight excluding hydrogens is 268 g/mol. The number of benzene rings is 1. The van der Waals surface area contributed by atoms with Gasteiger partial charge in [0.15, 0.2) is 5.82 Å². The molecule has 6 nitrogen and oxygen atoms in total. The van der Waals surface area contributed by atoms with Crippen LogP contribution in [0.2, 0.25) is 0 Å². The summed E-state index contributed by atoms with van der Waals surface area (Å²) in [5, 5.41) is 0. The Labute approximate surface area is 124 Å². The number of nitrogen functional groups attached to an aromatic ring is 1. The van der Waals surface area contributed by atoms with Crippen LogP contribution >= 0.6 is 0 Å². The Morgan fingerprint density at radius 2 is 2.00 bits per heavy atom. The minimum atomic E-state index is 0.315. The van der Waals surface area contributed by atoms with Gasteiger partial charge in [0.2, 0.25) is 5.88 Å². The monoisotopic (exact) mass is 288 g/mol. The fraction of sp³-hybridized carbons (Fsp3) is 0.333. The first kappa shape index (κ1) is 15.1. The van der Waals surface area contributed by atoms with Crippen LogP contribution in [0.5, 0.6) is 11.6 Å². The molecule has 1 aromatic carbocycles. The van der Waals surface area contributed by atoms with E-state index in [4.69, 9.17) is 15.2 Å². The molecular formula is C15H20N4O2. The molecule has 0 radical (unpaired) electrons. The Hall–Kier alpha value is -2.34. The average molecular weight is 288 g/mol. The molecule has 0 bridgehead atoms. The number of ether oxygens (including phenoxy) is 2. The van der Waals surface area contributed by atoms with Crippen molar-refractivity contribution in [1.82, 2.24) is 9.97 Å². The molecule has 0 saturated heterocycles. The molecule has 2 N–H and O–H groups in total. The molecule has 2 rings (SSSR count). The van der Waals surface area contributed by atoms with Gasteiger partial charge in [-0.25, -0.2) is 4.98 Å². The predicted octanol–water partition coefficient (Wildman–Crippen LogP) is 2.45. The second-order valence-electron chi connectivity index (χ2n) is 4.68. The van der Waals surface area contributed by atoms with E-state index in [2.05, 4.69) is 9.97 Å². The van der Waals surface area contributed by atoms with E-state index in [1.807, 2.05) is 50.2 Å². The highest BCUT2D eigenvalue weighted by molar-refractivity contribution is 5.50. The second kappa shape index (κ2) is 6.90. The Bertz CT molecular complexity index is 602. The maximum absolute atomic E-state index is 5.77. The zero-order valence-corrected chi connectivity index (χ0v) is 12.5. The number of nitrogens with two attached hydrogens (primary N) is 1. The van der Waals surface area contributed by atoms with E-state index in [0.29, 0.717) is 36.5 Å². The fourth-order valence-corrected chi connectivity index (χ4v) is 1.75. The van der Waals surface area contributed by atoms with Gasteiger partial charge in [-0.15, -0.1) is 0 Å². The third kappa shape index (κ3) is 4.32. The lowest BCUT2D eigenvalue weighted by molar-refractivity contribution is 0.128. The molecule has 0 fully saturated rings. The first-order valence-electron chi connectivity index (χ1n) is 6.75. The van der Waals surface area contributed by atoms with Gasteiger partial charge in [0.05, 0.1) is 0 Å². The third-order valence-electron chi connectivity index (χ3n) is 2.76. The molecule has 0 atom stereocenters. The van der Waals surface area contributed by atoms with Crippen LogP contribution in [0.15, 0.2) is 30.3 Å². The molecule has 6 heteroatoms. The minimum absolute atomic E-state index is 0.315. The summed E-state index contributed by atoms with van der Waals surface area (Å²) >= 11 is 0. The first-order chi connectivity index (χ1) is 10.1. The van der Waals surface area contributed by atoms with Crippen LogP contribution in [-0.2, 0) is 11.3 Å². The van der Waals surface area contributed by atoms with E-state index in [-0.39, 0.29) is 0 Å². The van der Waals surface area contributed by atoms with E-state index in [1.54, 1.807) is 6.07 Å². The van der Waals surface area contributed by atoms with Gasteiger partial charge in [-0.1, -0.05) is 6.07 Å². The van der Waals surface area contributed by atoms with Crippen LogP contribution in [0.4, 0.5) is 11.5 Å². The van der Waals surface area contributed by atoms with Crippen LogP contribution in [0.3, 0.4) is 0 Å². The predicted molar refractivity (Wildman–Crippen MR) is 82.6 cm³/mol. The van der Waals surface area contributed by atoms with Crippen LogP contribution in [-0.4, -0.2) is 30.7 Å². The Kier molecular flexibility index (Phi) is 4.94. The Morgan fingerprint density at radius 1 is 1.19 bits per heavy atom. The van der Waals surface area contributed by atoms with E-state index in [0.717, 1.165) is 5.69 Å². The van der Waals surface area contributed by atoms with Crippen molar-refractivity contribution in [2.45, 2.75) is 13.5 Å². The van der Waals surface area contributed by atoms with Crippen molar-refractivity contribution in [2.24, 2.45) is 0 Å². The first-order valence-corrected chi connectivity index (χ1v) is 6.75. The molecule has 0 aliphatic heterocycles. The van der Waals surface area contributed by atoms with Gasteiger partial charge >= 0.3 is 0 Å². The van der Waals surface area contributed by atoms with Crippen LogP contribution < -0.4 is 15.4 Å². The summed E-state index contributed by atoms with van der Waals surface area (Å²) in [7, 11) is 3.95. The molecule has 112 valence electrons. The highest BCUT2D eigenvalue weighted by Crippen LogP contribution is 2.24. The largest absolute Gasteiger partial charge is 0.439 e. The van der Waals surface area contributed by atoms with Gasteiger partial charge < -0.3 is 20.1 Å². The van der Waals surface area contributed by atoms with Gasteiger partial charge in [0.25, 0.3) is 0 Å². The molecule has 1 aromatic heterocycles. The summed E-state index contributed by atoms with van der Waals surface area (Å²) in [6, 6.07) is 9.32. The zero-order chi connectivity index (χ0) is 15.2. The Balaban J connectivity index is 2.18. The lowest BCUT2D eigenvalue weighted by Crippen LogP contribution is -2.08. The summed E-state index contributed by atoms with van der Waals surface area (Å²) in [6.07, 6.45) is 0. The summed E-state index contributed by atoms with van der Waals surface area (Å²) in [6.45, 7) is 2.82. The number of anilines is 2. The van der Waals surface area contributed by atoms with Gasteiger partial charge in [0, 0.05) is 38.5 Å². The Morgan fingerprint density at radius 3 is 2.71 bits per heavy atom. The van der Waals surface area contributed by atoms with Gasteiger partial charge in [-0.05, 0) is 19.1 Å². The zero-order valence-electron chi connectivity index (χ0n) is 12.5. The SMILES string of the molecule is CCOCc1nc(N)cc(Oc2cccc(N(C)C)c2)n1. The maximum atomic E-state index is 5.77. The summed E-state index contributed by atoms with van der Waals surface area (Å²) < 4.78 is 11.0. The topological polar surface area (TPSA) is 73.5 Å². The third-order valence-corrected chi connectivity index (χ3v) is 2.76. The molecule has 1 heterocycles. The van der Waals surface area contributed by atoms with Gasteiger partial charge in [-0.3, -0.25) is 0 Å². The van der Waals surface area contributed by atoms with Crippen molar-refractivity contribution in [2.75, 3.05) is 31.3 Å². The number of nitrogens with zero attached hydrogens (tertiary/aromatic N) is 3. The summed E-state index contributed by atoms with van der Waals surface area (Å²) in [5.41, 5.74) is 6.81. The van der Waals surface area contributed by atoms with Crippen molar-refractivity contribution < 1.29 is 9.47 Å². The lowest BCUT2D eigenvalue weighted by atomic mass is 10.3. The fourth-order valence-electron chi connectivity index (χ4n) is 1.75. The molecule has 0 amide bonds. The molecule has 21 heavy (non-hydrogen) atoms. The van der Waals surface area contributed by atoms with Crippen LogP contribution in [0.25, 0.3) is 0 Å². The lowest BCUT2D eigenvalue weighted by Gasteiger charge is -2.14. The number of hydrogen-bond donors (Lipinski definition) is 1. The van der Waals surface area contributed by atoms with Gasteiger partial charge in [-0.2, -0.15) is 4.98 Å². The maximum Gasteiger partial charge on any atom is 0.224 e. The quantitative estimate of drug-likeness (QED) is 0.880.